The van der Waals surface area contributed by atoms with Gasteiger partial charge < -0.3 is 19.3 Å². The second kappa shape index (κ2) is 7.60. The van der Waals surface area contributed by atoms with Gasteiger partial charge >= 0.3 is 5.69 Å². The Morgan fingerprint density at radius 2 is 1.92 bits per heavy atom. The molecule has 1 aromatic rings. The first-order chi connectivity index (χ1) is 11.2. The zero-order valence-electron chi connectivity index (χ0n) is 14.7. The van der Waals surface area contributed by atoms with Gasteiger partial charge in [-0.15, -0.1) is 0 Å². The van der Waals surface area contributed by atoms with Crippen molar-refractivity contribution in [1.82, 2.24) is 9.13 Å². The minimum atomic E-state index is -1.05. The molecule has 0 spiro atoms. The lowest BCUT2D eigenvalue weighted by atomic mass is 10.1. The minimum Gasteiger partial charge on any atom is -0.386 e. The third-order valence-corrected chi connectivity index (χ3v) is 3.82. The van der Waals surface area contributed by atoms with Gasteiger partial charge in [0, 0.05) is 19.3 Å². The molecule has 24 heavy (non-hydrogen) atoms. The normalized spacial score (nSPS) is 27.3. The van der Waals surface area contributed by atoms with Crippen LogP contribution in [0, 0.1) is 0 Å². The van der Waals surface area contributed by atoms with E-state index >= 15 is 0 Å². The van der Waals surface area contributed by atoms with Crippen molar-refractivity contribution >= 4 is 0 Å². The molecule has 8 nitrogen and oxygen atoms in total. The molecule has 1 aromatic heterocycles. The molecule has 4 atom stereocenters. The van der Waals surface area contributed by atoms with Crippen LogP contribution >= 0.6 is 0 Å². The summed E-state index contributed by atoms with van der Waals surface area (Å²) in [5.41, 5.74) is -0.973. The molecule has 2 rings (SSSR count). The quantitative estimate of drug-likeness (QED) is 0.784. The van der Waals surface area contributed by atoms with Gasteiger partial charge in [-0.1, -0.05) is 0 Å². The highest BCUT2D eigenvalue weighted by molar-refractivity contribution is 4.95. The molecule has 136 valence electrons. The van der Waals surface area contributed by atoms with E-state index in [4.69, 9.17) is 14.2 Å². The maximum Gasteiger partial charge on any atom is 0.332 e. The number of aromatic nitrogens is 2. The topological polar surface area (TPSA) is 91.9 Å². The Morgan fingerprint density at radius 3 is 2.50 bits per heavy atom. The monoisotopic (exact) mass is 342 g/mol. The number of aliphatic hydroxyl groups is 1. The van der Waals surface area contributed by atoms with Crippen molar-refractivity contribution in [2.24, 2.45) is 7.05 Å². The highest BCUT2D eigenvalue weighted by Gasteiger charge is 2.46. The first-order valence-corrected chi connectivity index (χ1v) is 8.11. The third kappa shape index (κ3) is 3.94. The van der Waals surface area contributed by atoms with Crippen molar-refractivity contribution in [1.29, 1.82) is 0 Å². The van der Waals surface area contributed by atoms with Gasteiger partial charge in [0.2, 0.25) is 0 Å². The van der Waals surface area contributed by atoms with Crippen molar-refractivity contribution in [3.63, 3.8) is 0 Å². The summed E-state index contributed by atoms with van der Waals surface area (Å²) >= 11 is 0. The molecule has 0 saturated carbocycles. The number of aliphatic hydroxyl groups excluding tert-OH is 1. The average molecular weight is 342 g/mol. The predicted molar refractivity (Wildman–Crippen MR) is 87.0 cm³/mol. The van der Waals surface area contributed by atoms with Crippen LogP contribution in [0.4, 0.5) is 0 Å². The second-order valence-electron chi connectivity index (χ2n) is 6.49. The maximum absolute atomic E-state index is 12.3. The van der Waals surface area contributed by atoms with Crippen molar-refractivity contribution in [3.8, 4) is 0 Å². The van der Waals surface area contributed by atoms with Crippen molar-refractivity contribution in [2.45, 2.75) is 64.4 Å². The van der Waals surface area contributed by atoms with E-state index in [1.54, 1.807) is 0 Å². The molecular formula is C16H26N2O6. The van der Waals surface area contributed by atoms with Crippen LogP contribution in [0.2, 0.25) is 0 Å². The Kier molecular flexibility index (Phi) is 5.97. The lowest BCUT2D eigenvalue weighted by Gasteiger charge is -2.23. The fraction of sp³-hybridized carbons (Fsp3) is 0.750. The van der Waals surface area contributed by atoms with Crippen LogP contribution in [0.3, 0.4) is 0 Å². The first kappa shape index (κ1) is 18.9. The van der Waals surface area contributed by atoms with Crippen LogP contribution in [0.15, 0.2) is 21.9 Å². The van der Waals surface area contributed by atoms with Crippen LogP contribution in [-0.2, 0) is 21.3 Å². The summed E-state index contributed by atoms with van der Waals surface area (Å²) in [5, 5.41) is 10.6. The Morgan fingerprint density at radius 1 is 1.25 bits per heavy atom. The van der Waals surface area contributed by atoms with Crippen molar-refractivity contribution in [2.75, 3.05) is 6.61 Å². The summed E-state index contributed by atoms with van der Waals surface area (Å²) in [6.07, 6.45) is -1.92. The molecule has 2 heterocycles. The molecule has 0 aliphatic carbocycles. The van der Waals surface area contributed by atoms with E-state index in [-0.39, 0.29) is 18.8 Å². The van der Waals surface area contributed by atoms with Crippen LogP contribution in [-0.4, -0.2) is 51.4 Å². The molecule has 0 radical (unpaired) electrons. The average Bonchev–Trinajstić information content (AvgIpc) is 2.79. The molecule has 1 unspecified atom stereocenters. The van der Waals surface area contributed by atoms with E-state index in [1.807, 2.05) is 27.7 Å². The largest absolute Gasteiger partial charge is 0.386 e. The Balaban J connectivity index is 2.30. The smallest absolute Gasteiger partial charge is 0.332 e. The standard InChI is InChI=1S/C16H26N2O6/c1-9(2)22-8-11-14(23-10(3)4)13(20)15(24-11)18-7-6-12(19)17(5)16(18)21/h6-7,9-11,13-15,20H,8H2,1-5H3/t11-,13?,14+,15-/m1/s1. The summed E-state index contributed by atoms with van der Waals surface area (Å²) in [7, 11) is 1.38. The van der Waals surface area contributed by atoms with Crippen LogP contribution in [0.1, 0.15) is 33.9 Å². The molecule has 0 aromatic carbocycles. The van der Waals surface area contributed by atoms with Gasteiger partial charge in [0.25, 0.3) is 5.56 Å². The molecule has 1 aliphatic heterocycles. The number of nitrogens with zero attached hydrogens (tertiary/aromatic N) is 2. The van der Waals surface area contributed by atoms with E-state index < -0.39 is 35.8 Å². The van der Waals surface area contributed by atoms with Gasteiger partial charge in [-0.2, -0.15) is 0 Å². The molecule has 0 bridgehead atoms. The van der Waals surface area contributed by atoms with E-state index in [2.05, 4.69) is 0 Å². The van der Waals surface area contributed by atoms with Gasteiger partial charge in [-0.3, -0.25) is 13.9 Å². The molecule has 1 aliphatic rings. The number of hydrogen-bond acceptors (Lipinski definition) is 6. The first-order valence-electron chi connectivity index (χ1n) is 8.11. The summed E-state index contributed by atoms with van der Waals surface area (Å²) in [4.78, 5) is 23.8. The van der Waals surface area contributed by atoms with Gasteiger partial charge in [0.05, 0.1) is 18.8 Å². The van der Waals surface area contributed by atoms with Gasteiger partial charge in [-0.25, -0.2) is 4.79 Å². The molecule has 1 fully saturated rings. The zero-order valence-corrected chi connectivity index (χ0v) is 14.7. The van der Waals surface area contributed by atoms with E-state index in [0.29, 0.717) is 0 Å². The highest BCUT2D eigenvalue weighted by atomic mass is 16.6. The van der Waals surface area contributed by atoms with E-state index in [0.717, 1.165) is 4.57 Å². The van der Waals surface area contributed by atoms with Crippen LogP contribution in [0.5, 0.6) is 0 Å². The fourth-order valence-electron chi connectivity index (χ4n) is 2.63. The van der Waals surface area contributed by atoms with Gasteiger partial charge in [0.15, 0.2) is 6.23 Å². The summed E-state index contributed by atoms with van der Waals surface area (Å²) in [6, 6.07) is 1.26. The lowest BCUT2D eigenvalue weighted by molar-refractivity contribution is -0.0980. The molecular weight excluding hydrogens is 316 g/mol. The fourth-order valence-corrected chi connectivity index (χ4v) is 2.63. The zero-order chi connectivity index (χ0) is 18.0. The van der Waals surface area contributed by atoms with Crippen molar-refractivity contribution in [3.05, 3.63) is 33.1 Å². The molecule has 8 heteroatoms. The number of hydrogen-bond donors (Lipinski definition) is 1. The number of rotatable bonds is 6. The van der Waals surface area contributed by atoms with Crippen LogP contribution in [0.25, 0.3) is 0 Å². The number of ether oxygens (including phenoxy) is 3. The third-order valence-electron chi connectivity index (χ3n) is 3.82. The lowest BCUT2D eigenvalue weighted by Crippen LogP contribution is -2.42. The summed E-state index contributed by atoms with van der Waals surface area (Å²) in [6.45, 7) is 7.76. The Hall–Kier alpha value is -1.48. The Labute approximate surface area is 140 Å². The predicted octanol–water partition coefficient (Wildman–Crippen LogP) is 0.0239. The molecule has 1 N–H and O–H groups in total. The summed E-state index contributed by atoms with van der Waals surface area (Å²) in [5.74, 6) is 0. The Bertz CT molecular complexity index is 665. The van der Waals surface area contributed by atoms with Gasteiger partial charge in [-0.05, 0) is 27.7 Å². The van der Waals surface area contributed by atoms with Crippen LogP contribution < -0.4 is 11.2 Å². The summed E-state index contributed by atoms with van der Waals surface area (Å²) < 4.78 is 19.4. The maximum atomic E-state index is 12.3. The SMILES string of the molecule is CC(C)OC[C@H]1O[C@@H](n2ccc(=O)n(C)c2=O)C(O)[C@H]1OC(C)C. The molecule has 1 saturated heterocycles. The molecule has 0 amide bonds. The van der Waals surface area contributed by atoms with Crippen molar-refractivity contribution < 1.29 is 19.3 Å². The van der Waals surface area contributed by atoms with E-state index in [9.17, 15) is 14.7 Å². The minimum absolute atomic E-state index is 0.00441. The van der Waals surface area contributed by atoms with E-state index in [1.165, 1.54) is 23.9 Å². The van der Waals surface area contributed by atoms with Gasteiger partial charge in [0.1, 0.15) is 18.3 Å². The second-order valence-corrected chi connectivity index (χ2v) is 6.49. The highest BCUT2D eigenvalue weighted by Crippen LogP contribution is 2.31.